The van der Waals surface area contributed by atoms with Crippen LogP contribution in [0.4, 0.5) is 5.69 Å². The molecule has 1 aromatic carbocycles. The average Bonchev–Trinajstić information content (AvgIpc) is 2.70. The molecule has 0 saturated heterocycles. The monoisotopic (exact) mass is 391 g/mol. The van der Waals surface area contributed by atoms with Gasteiger partial charge in [0.05, 0.1) is 10.6 Å². The van der Waals surface area contributed by atoms with Crippen LogP contribution in [0.25, 0.3) is 0 Å². The van der Waals surface area contributed by atoms with Crippen molar-refractivity contribution in [2.45, 2.75) is 4.90 Å². The molecule has 2 nitrogen and oxygen atoms in total. The first-order chi connectivity index (χ1) is 8.08. The molecule has 0 saturated carbocycles. The Bertz CT molecular complexity index is 548. The molecule has 1 N–H and O–H groups in total. The number of halogens is 2. The Hall–Kier alpha value is -0.300. The van der Waals surface area contributed by atoms with Gasteiger partial charge in [0, 0.05) is 19.2 Å². The van der Waals surface area contributed by atoms with Crippen molar-refractivity contribution in [3.8, 4) is 0 Å². The van der Waals surface area contributed by atoms with Gasteiger partial charge in [0.25, 0.3) is 5.91 Å². The van der Waals surface area contributed by atoms with Crippen LogP contribution in [-0.4, -0.2) is 5.91 Å². The molecular formula is C11H7Br2NOS2. The molecule has 0 fully saturated rings. The van der Waals surface area contributed by atoms with Gasteiger partial charge in [-0.15, -0.1) is 24.0 Å². The Morgan fingerprint density at radius 3 is 2.47 bits per heavy atom. The number of carbonyl (C=O) groups excluding carboxylic acids is 1. The van der Waals surface area contributed by atoms with E-state index in [4.69, 9.17) is 0 Å². The third-order valence-electron chi connectivity index (χ3n) is 2.01. The second-order valence-corrected chi connectivity index (χ2v) is 6.36. The molecule has 17 heavy (non-hydrogen) atoms. The molecule has 2 rings (SSSR count). The van der Waals surface area contributed by atoms with Gasteiger partial charge in [0.1, 0.15) is 0 Å². The van der Waals surface area contributed by atoms with Crippen molar-refractivity contribution < 1.29 is 4.79 Å². The summed E-state index contributed by atoms with van der Waals surface area (Å²) in [6.07, 6.45) is 0. The smallest absolute Gasteiger partial charge is 0.265 e. The van der Waals surface area contributed by atoms with Crippen LogP contribution in [0.2, 0.25) is 0 Å². The summed E-state index contributed by atoms with van der Waals surface area (Å²) in [5, 5.41) is 4.68. The van der Waals surface area contributed by atoms with Gasteiger partial charge in [-0.1, -0.05) is 6.07 Å². The maximum atomic E-state index is 12.0. The van der Waals surface area contributed by atoms with Crippen molar-refractivity contribution in [2.24, 2.45) is 0 Å². The number of benzene rings is 1. The number of amides is 1. The Kier molecular flexibility index (Phi) is 4.30. The molecule has 1 aromatic heterocycles. The van der Waals surface area contributed by atoms with Crippen LogP contribution in [0.15, 0.2) is 43.5 Å². The third kappa shape index (κ3) is 3.13. The van der Waals surface area contributed by atoms with E-state index in [0.29, 0.717) is 4.88 Å². The quantitative estimate of drug-likeness (QED) is 0.705. The zero-order chi connectivity index (χ0) is 12.4. The fourth-order valence-corrected chi connectivity index (χ4v) is 3.48. The van der Waals surface area contributed by atoms with E-state index in [1.807, 2.05) is 23.6 Å². The van der Waals surface area contributed by atoms with Crippen LogP contribution in [0.5, 0.6) is 0 Å². The first-order valence-corrected chi connectivity index (χ1v) is 7.52. The molecular weight excluding hydrogens is 386 g/mol. The van der Waals surface area contributed by atoms with Crippen molar-refractivity contribution in [1.29, 1.82) is 0 Å². The number of para-hydroxylation sites is 1. The summed E-state index contributed by atoms with van der Waals surface area (Å²) in [6, 6.07) is 7.38. The van der Waals surface area contributed by atoms with Crippen molar-refractivity contribution in [1.82, 2.24) is 0 Å². The number of thiophene rings is 1. The topological polar surface area (TPSA) is 29.1 Å². The molecule has 0 bridgehead atoms. The maximum absolute atomic E-state index is 12.0. The van der Waals surface area contributed by atoms with E-state index in [0.717, 1.165) is 19.5 Å². The van der Waals surface area contributed by atoms with E-state index in [1.54, 1.807) is 6.07 Å². The van der Waals surface area contributed by atoms with Crippen LogP contribution in [0, 0.1) is 0 Å². The summed E-state index contributed by atoms with van der Waals surface area (Å²) in [6.45, 7) is 0. The second kappa shape index (κ2) is 5.56. The fourth-order valence-electron chi connectivity index (χ4n) is 1.24. The summed E-state index contributed by atoms with van der Waals surface area (Å²) in [5.41, 5.74) is 0.728. The highest BCUT2D eigenvalue weighted by molar-refractivity contribution is 9.11. The molecule has 1 heterocycles. The van der Waals surface area contributed by atoms with Crippen LogP contribution in [0.3, 0.4) is 0 Å². The van der Waals surface area contributed by atoms with Crippen molar-refractivity contribution in [2.75, 3.05) is 5.32 Å². The van der Waals surface area contributed by atoms with Crippen LogP contribution >= 0.6 is 55.8 Å². The summed E-state index contributed by atoms with van der Waals surface area (Å²) in [5.74, 6) is -0.136. The van der Waals surface area contributed by atoms with E-state index in [9.17, 15) is 4.79 Å². The Morgan fingerprint density at radius 1 is 1.29 bits per heavy atom. The molecule has 0 spiro atoms. The predicted molar refractivity (Wildman–Crippen MR) is 81.4 cm³/mol. The summed E-state index contributed by atoms with van der Waals surface area (Å²) in [4.78, 5) is 13.4. The summed E-state index contributed by atoms with van der Waals surface area (Å²) in [7, 11) is 0. The first kappa shape index (κ1) is 13.1. The van der Waals surface area contributed by atoms with Crippen molar-refractivity contribution in [3.63, 3.8) is 0 Å². The highest BCUT2D eigenvalue weighted by Gasteiger charge is 2.12. The summed E-state index contributed by atoms with van der Waals surface area (Å²) >= 11 is 12.3. The fraction of sp³-hybridized carbons (Fsp3) is 0. The summed E-state index contributed by atoms with van der Waals surface area (Å²) < 4.78 is 1.67. The number of thiol groups is 1. The zero-order valence-electron chi connectivity index (χ0n) is 8.41. The van der Waals surface area contributed by atoms with Gasteiger partial charge < -0.3 is 5.32 Å². The number of nitrogens with one attached hydrogen (secondary N) is 1. The zero-order valence-corrected chi connectivity index (χ0v) is 13.3. The highest BCUT2D eigenvalue weighted by atomic mass is 79.9. The van der Waals surface area contributed by atoms with Gasteiger partial charge in [-0.25, -0.2) is 0 Å². The highest BCUT2D eigenvalue weighted by Crippen LogP contribution is 2.31. The normalized spacial score (nSPS) is 10.3. The molecule has 0 unspecified atom stereocenters. The predicted octanol–water partition coefficient (Wildman–Crippen LogP) is 4.81. The lowest BCUT2D eigenvalue weighted by Gasteiger charge is -2.08. The average molecular weight is 393 g/mol. The van der Waals surface area contributed by atoms with Gasteiger partial charge in [-0.2, -0.15) is 0 Å². The van der Waals surface area contributed by atoms with E-state index in [1.165, 1.54) is 11.3 Å². The van der Waals surface area contributed by atoms with Gasteiger partial charge in [-0.05, 0) is 50.1 Å². The van der Waals surface area contributed by atoms with E-state index in [-0.39, 0.29) is 5.91 Å². The van der Waals surface area contributed by atoms with E-state index >= 15 is 0 Å². The number of hydrogen-bond donors (Lipinski definition) is 2. The largest absolute Gasteiger partial charge is 0.319 e. The standard InChI is InChI=1S/C11H7Br2NOS2/c12-7-2-1-3-8(13)10(7)14-11(15)9-4-6(16)5-17-9/h1-5,16H,(H,14,15). The molecule has 0 aliphatic rings. The van der Waals surface area contributed by atoms with Gasteiger partial charge >= 0.3 is 0 Å². The van der Waals surface area contributed by atoms with Gasteiger partial charge in [0.2, 0.25) is 0 Å². The Labute approximate surface area is 125 Å². The Morgan fingerprint density at radius 2 is 1.94 bits per heavy atom. The SMILES string of the molecule is O=C(Nc1c(Br)cccc1Br)c1cc(S)cs1. The molecule has 6 heteroatoms. The lowest BCUT2D eigenvalue weighted by molar-refractivity contribution is 0.103. The lowest BCUT2D eigenvalue weighted by atomic mass is 10.3. The van der Waals surface area contributed by atoms with Crippen molar-refractivity contribution in [3.05, 3.63) is 43.5 Å². The Balaban J connectivity index is 2.24. The van der Waals surface area contributed by atoms with E-state index < -0.39 is 0 Å². The minimum Gasteiger partial charge on any atom is -0.319 e. The number of anilines is 1. The molecule has 0 aliphatic heterocycles. The molecule has 0 radical (unpaired) electrons. The number of carbonyl (C=O) groups is 1. The molecule has 1 amide bonds. The molecule has 2 aromatic rings. The minimum atomic E-state index is -0.136. The number of rotatable bonds is 2. The first-order valence-electron chi connectivity index (χ1n) is 4.61. The molecule has 88 valence electrons. The number of hydrogen-bond acceptors (Lipinski definition) is 3. The molecule has 0 aliphatic carbocycles. The maximum Gasteiger partial charge on any atom is 0.265 e. The van der Waals surface area contributed by atoms with Crippen LogP contribution in [0.1, 0.15) is 9.67 Å². The van der Waals surface area contributed by atoms with Crippen molar-refractivity contribution >= 4 is 67.4 Å². The van der Waals surface area contributed by atoms with Gasteiger partial charge in [0.15, 0.2) is 0 Å². The molecule has 0 atom stereocenters. The van der Waals surface area contributed by atoms with Gasteiger partial charge in [-0.3, -0.25) is 4.79 Å². The van der Waals surface area contributed by atoms with Crippen LogP contribution < -0.4 is 5.32 Å². The minimum absolute atomic E-state index is 0.136. The third-order valence-corrected chi connectivity index (χ3v) is 4.69. The van der Waals surface area contributed by atoms with E-state index in [2.05, 4.69) is 49.8 Å². The lowest BCUT2D eigenvalue weighted by Crippen LogP contribution is -2.11. The second-order valence-electron chi connectivity index (χ2n) is 3.22. The van der Waals surface area contributed by atoms with Crippen LogP contribution in [-0.2, 0) is 0 Å².